The zero-order chi connectivity index (χ0) is 24.1. The first kappa shape index (κ1) is 25.1. The highest BCUT2D eigenvalue weighted by atomic mass is 16.3. The Morgan fingerprint density at radius 1 is 1.09 bits per heavy atom. The lowest BCUT2D eigenvalue weighted by molar-refractivity contribution is -0.142. The van der Waals surface area contributed by atoms with Gasteiger partial charge in [-0.25, -0.2) is 0 Å². The van der Waals surface area contributed by atoms with Crippen molar-refractivity contribution in [3.63, 3.8) is 0 Å². The summed E-state index contributed by atoms with van der Waals surface area (Å²) in [7, 11) is 0. The number of benzene rings is 1. The number of aliphatic hydroxyl groups is 2. The molecule has 1 aromatic carbocycles. The van der Waals surface area contributed by atoms with Crippen LogP contribution in [0.5, 0.6) is 0 Å². The molecule has 2 heterocycles. The van der Waals surface area contributed by atoms with E-state index in [4.69, 9.17) is 5.73 Å². The van der Waals surface area contributed by atoms with Crippen LogP contribution >= 0.6 is 0 Å². The van der Waals surface area contributed by atoms with Gasteiger partial charge in [-0.2, -0.15) is 0 Å². The van der Waals surface area contributed by atoms with Crippen LogP contribution in [0.3, 0.4) is 0 Å². The zero-order valence-electron chi connectivity index (χ0n) is 20.3. The Morgan fingerprint density at radius 2 is 1.79 bits per heavy atom. The van der Waals surface area contributed by atoms with Gasteiger partial charge < -0.3 is 20.8 Å². The Bertz CT molecular complexity index is 827. The fourth-order valence-electron chi connectivity index (χ4n) is 6.52. The number of amides is 2. The third-order valence-electron chi connectivity index (χ3n) is 8.36. The number of piperidine rings is 1. The Hall–Kier alpha value is -1.96. The quantitative estimate of drug-likeness (QED) is 0.486. The summed E-state index contributed by atoms with van der Waals surface area (Å²) >= 11 is 0. The molecule has 2 unspecified atom stereocenters. The zero-order valence-corrected chi connectivity index (χ0v) is 20.3. The van der Waals surface area contributed by atoms with Crippen LogP contribution in [0.1, 0.15) is 86.0 Å². The molecule has 1 saturated carbocycles. The smallest absolute Gasteiger partial charge is 0.251 e. The van der Waals surface area contributed by atoms with E-state index in [1.165, 1.54) is 37.7 Å². The minimum absolute atomic E-state index is 0.0982. The van der Waals surface area contributed by atoms with Crippen LogP contribution in [-0.4, -0.2) is 76.3 Å². The summed E-state index contributed by atoms with van der Waals surface area (Å²) in [6, 6.07) is 8.73. The maximum atomic E-state index is 13.0. The molecule has 2 bridgehead atoms. The highest BCUT2D eigenvalue weighted by Gasteiger charge is 2.41. The molecular weight excluding hydrogens is 430 g/mol. The van der Waals surface area contributed by atoms with Crippen molar-refractivity contribution in [1.82, 2.24) is 9.80 Å². The van der Waals surface area contributed by atoms with Gasteiger partial charge in [0.2, 0.25) is 5.91 Å². The summed E-state index contributed by atoms with van der Waals surface area (Å²) in [5, 5.41) is 19.5. The molecule has 4 N–H and O–H groups in total. The largest absolute Gasteiger partial charge is 0.396 e. The number of carbonyl (C=O) groups excluding carboxylic acids is 2. The van der Waals surface area contributed by atoms with E-state index in [0.717, 1.165) is 32.2 Å². The fourth-order valence-corrected chi connectivity index (χ4v) is 6.52. The average molecular weight is 472 g/mol. The van der Waals surface area contributed by atoms with E-state index < -0.39 is 6.10 Å². The Kier molecular flexibility index (Phi) is 8.61. The molecular formula is C27H41N3O4. The second kappa shape index (κ2) is 11.6. The molecule has 2 saturated heterocycles. The molecule has 3 aliphatic rings. The first-order valence-electron chi connectivity index (χ1n) is 13.2. The normalized spacial score (nSPS) is 26.4. The number of nitrogens with zero attached hydrogens (tertiary/aromatic N) is 2. The summed E-state index contributed by atoms with van der Waals surface area (Å²) in [5.41, 5.74) is 7.27. The number of nitrogens with two attached hydrogens (primary N) is 1. The van der Waals surface area contributed by atoms with E-state index in [-0.39, 0.29) is 24.8 Å². The van der Waals surface area contributed by atoms with Crippen LogP contribution in [-0.2, 0) is 4.79 Å². The lowest BCUT2D eigenvalue weighted by atomic mass is 9.84. The molecule has 0 radical (unpaired) electrons. The minimum Gasteiger partial charge on any atom is -0.396 e. The van der Waals surface area contributed by atoms with Gasteiger partial charge in [-0.3, -0.25) is 14.5 Å². The molecule has 3 atom stereocenters. The van der Waals surface area contributed by atoms with Gasteiger partial charge in [0.05, 0.1) is 0 Å². The highest BCUT2D eigenvalue weighted by Crippen LogP contribution is 2.43. The van der Waals surface area contributed by atoms with Gasteiger partial charge in [0.25, 0.3) is 5.91 Å². The van der Waals surface area contributed by atoms with Crippen LogP contribution in [0.2, 0.25) is 0 Å². The molecule has 7 nitrogen and oxygen atoms in total. The molecule has 4 rings (SSSR count). The van der Waals surface area contributed by atoms with Crippen molar-refractivity contribution in [2.45, 2.75) is 88.3 Å². The third kappa shape index (κ3) is 5.99. The van der Waals surface area contributed by atoms with Crippen LogP contribution in [0.4, 0.5) is 0 Å². The van der Waals surface area contributed by atoms with E-state index in [2.05, 4.69) is 11.0 Å². The molecule has 3 fully saturated rings. The minimum atomic E-state index is -1.12. The second-order valence-corrected chi connectivity index (χ2v) is 10.6. The molecule has 1 aromatic rings. The number of hydrogen-bond donors (Lipinski definition) is 3. The average Bonchev–Trinajstić information content (AvgIpc) is 3.08. The fraction of sp³-hybridized carbons (Fsp3) is 0.704. The van der Waals surface area contributed by atoms with Gasteiger partial charge in [0, 0.05) is 50.3 Å². The van der Waals surface area contributed by atoms with Crippen LogP contribution in [0.15, 0.2) is 24.3 Å². The number of hydrogen-bond acceptors (Lipinski definition) is 5. The molecule has 1 aliphatic carbocycles. The third-order valence-corrected chi connectivity index (χ3v) is 8.36. The van der Waals surface area contributed by atoms with E-state index in [1.54, 1.807) is 6.07 Å². The van der Waals surface area contributed by atoms with Crippen molar-refractivity contribution in [2.24, 2.45) is 11.7 Å². The lowest BCUT2D eigenvalue weighted by Gasteiger charge is -2.41. The van der Waals surface area contributed by atoms with Crippen molar-refractivity contribution in [3.05, 3.63) is 35.4 Å². The van der Waals surface area contributed by atoms with Crippen molar-refractivity contribution in [2.75, 3.05) is 26.2 Å². The maximum absolute atomic E-state index is 13.0. The molecule has 0 spiro atoms. The van der Waals surface area contributed by atoms with Gasteiger partial charge in [-0.1, -0.05) is 31.4 Å². The number of rotatable bonds is 10. The molecule has 7 heteroatoms. The van der Waals surface area contributed by atoms with Crippen molar-refractivity contribution >= 4 is 11.8 Å². The maximum Gasteiger partial charge on any atom is 0.251 e. The molecule has 0 aromatic heterocycles. The van der Waals surface area contributed by atoms with E-state index in [1.807, 2.05) is 17.0 Å². The van der Waals surface area contributed by atoms with Gasteiger partial charge in [0.15, 0.2) is 0 Å². The van der Waals surface area contributed by atoms with Crippen LogP contribution in [0, 0.1) is 5.92 Å². The van der Waals surface area contributed by atoms with Crippen molar-refractivity contribution < 1.29 is 19.8 Å². The SMILES string of the molecule is NC(=O)c1cccc(C2CC3CCC(C2)N3CCN(CC2CCCCC2)C(=O)[C@@H](O)CCO)c1. The topological polar surface area (TPSA) is 107 Å². The monoisotopic (exact) mass is 471 g/mol. The van der Waals surface area contributed by atoms with Gasteiger partial charge in [-0.05, 0) is 68.1 Å². The predicted molar refractivity (Wildman–Crippen MR) is 131 cm³/mol. The summed E-state index contributed by atoms with van der Waals surface area (Å²) in [6.45, 7) is 1.99. The van der Waals surface area contributed by atoms with E-state index in [9.17, 15) is 19.8 Å². The van der Waals surface area contributed by atoms with Gasteiger partial charge in [0.1, 0.15) is 6.10 Å². The highest BCUT2D eigenvalue weighted by molar-refractivity contribution is 5.92. The van der Waals surface area contributed by atoms with Gasteiger partial charge in [-0.15, -0.1) is 0 Å². The van der Waals surface area contributed by atoms with E-state index >= 15 is 0 Å². The predicted octanol–water partition coefficient (Wildman–Crippen LogP) is 2.65. The Labute approximate surface area is 203 Å². The summed E-state index contributed by atoms with van der Waals surface area (Å²) in [4.78, 5) is 29.1. The first-order valence-corrected chi connectivity index (χ1v) is 13.2. The number of fused-ring (bicyclic) bond motifs is 2. The number of carbonyl (C=O) groups is 2. The standard InChI is InChI=1S/C27H41N3O4/c28-26(33)21-8-4-7-20(15-21)22-16-23-9-10-24(17-22)30(23)13-12-29(27(34)25(32)11-14-31)18-19-5-2-1-3-6-19/h4,7-8,15,19,22-25,31-32H,1-3,5-6,9-14,16-18H2,(H2,28,33)/t22?,23?,24?,25-/m0/s1. The van der Waals surface area contributed by atoms with E-state index in [0.29, 0.717) is 42.6 Å². The first-order chi connectivity index (χ1) is 16.5. The van der Waals surface area contributed by atoms with Crippen LogP contribution in [0.25, 0.3) is 0 Å². The van der Waals surface area contributed by atoms with Crippen molar-refractivity contribution in [3.8, 4) is 0 Å². The molecule has 2 aliphatic heterocycles. The lowest BCUT2D eigenvalue weighted by Crippen LogP contribution is -2.49. The molecule has 2 amide bonds. The number of aliphatic hydroxyl groups excluding tert-OH is 2. The Balaban J connectivity index is 1.38. The summed E-state index contributed by atoms with van der Waals surface area (Å²) in [5.74, 6) is 0.330. The van der Waals surface area contributed by atoms with Gasteiger partial charge >= 0.3 is 0 Å². The molecule has 34 heavy (non-hydrogen) atoms. The van der Waals surface area contributed by atoms with Crippen LogP contribution < -0.4 is 5.73 Å². The van der Waals surface area contributed by atoms with Crippen molar-refractivity contribution in [1.29, 1.82) is 0 Å². The molecule has 188 valence electrons. The summed E-state index contributed by atoms with van der Waals surface area (Å²) < 4.78 is 0. The summed E-state index contributed by atoms with van der Waals surface area (Å²) in [6.07, 6.45) is 9.46. The number of primary amides is 1. The Morgan fingerprint density at radius 3 is 2.44 bits per heavy atom. The second-order valence-electron chi connectivity index (χ2n) is 10.6.